The Morgan fingerprint density at radius 1 is 0.679 bits per heavy atom. The Balaban J connectivity index is 2.30. The second-order valence-corrected chi connectivity index (χ2v) is 6.06. The first-order valence-corrected chi connectivity index (χ1v) is 7.74. The van der Waals surface area contributed by atoms with Gasteiger partial charge in [0.05, 0.1) is 6.10 Å². The lowest BCUT2D eigenvalue weighted by atomic mass is 9.93. The Kier molecular flexibility index (Phi) is 5.76. The molecule has 0 heterocycles. The van der Waals surface area contributed by atoms with Gasteiger partial charge in [0, 0.05) is 6.42 Å². The van der Waals surface area contributed by atoms with Gasteiger partial charge in [-0.25, -0.2) is 0 Å². The normalized spacial score (nSPS) is 14.8. The quantitative estimate of drug-likeness (QED) is 0.553. The van der Waals surface area contributed by atoms with Crippen molar-refractivity contribution < 1.29 is 44.6 Å². The van der Waals surface area contributed by atoms with Gasteiger partial charge in [0.25, 0.3) is 0 Å². The van der Waals surface area contributed by atoms with Gasteiger partial charge in [-0.15, -0.1) is 0 Å². The number of rotatable bonds is 6. The van der Waals surface area contributed by atoms with Gasteiger partial charge in [-0.3, -0.25) is 0 Å². The van der Waals surface area contributed by atoms with E-state index in [0.717, 1.165) is 12.1 Å². The van der Waals surface area contributed by atoms with Crippen molar-refractivity contribution in [2.45, 2.75) is 36.5 Å². The van der Waals surface area contributed by atoms with E-state index in [1.807, 2.05) is 0 Å². The number of hydrogen-bond acceptors (Lipinski definition) is 1. The van der Waals surface area contributed by atoms with E-state index in [1.54, 1.807) is 30.3 Å². The molecule has 0 radical (unpaired) electrons. The summed E-state index contributed by atoms with van der Waals surface area (Å²) < 4.78 is 116. The van der Waals surface area contributed by atoms with Crippen LogP contribution in [0.3, 0.4) is 0 Å². The lowest BCUT2D eigenvalue weighted by molar-refractivity contribution is -0.398. The molecule has 0 saturated heterocycles. The van der Waals surface area contributed by atoms with E-state index < -0.39 is 36.5 Å². The highest BCUT2D eigenvalue weighted by Crippen LogP contribution is 2.55. The highest BCUT2D eigenvalue weighted by Gasteiger charge is 2.81. The maximum absolute atomic E-state index is 13.7. The summed E-state index contributed by atoms with van der Waals surface area (Å²) in [5.74, 6) is -19.6. The van der Waals surface area contributed by atoms with Crippen molar-refractivity contribution in [3.63, 3.8) is 0 Å². The van der Waals surface area contributed by atoms with Crippen LogP contribution in [-0.4, -0.2) is 29.1 Å². The average molecular weight is 416 g/mol. The minimum atomic E-state index is -6.98. The molecule has 0 aliphatic rings. The van der Waals surface area contributed by atoms with Gasteiger partial charge in [-0.1, -0.05) is 48.5 Å². The molecule has 10 heteroatoms. The lowest BCUT2D eigenvalue weighted by Gasteiger charge is -2.34. The van der Waals surface area contributed by atoms with Crippen LogP contribution in [0.5, 0.6) is 0 Å². The summed E-state index contributed by atoms with van der Waals surface area (Å²) in [7, 11) is 0. The third-order valence-electron chi connectivity index (χ3n) is 4.04. The fourth-order valence-electron chi connectivity index (χ4n) is 2.45. The molecular weight excluding hydrogens is 403 g/mol. The molecule has 2 aromatic rings. The van der Waals surface area contributed by atoms with E-state index in [0.29, 0.717) is 11.1 Å². The van der Waals surface area contributed by atoms with Crippen LogP contribution in [0.2, 0.25) is 0 Å². The van der Waals surface area contributed by atoms with Crippen LogP contribution in [0, 0.1) is 0 Å². The molecule has 0 spiro atoms. The standard InChI is InChI=1S/C18H13F9O/c19-15(20,16(21,22)17(23,24)18(25,26)27)10-14(28)13-8-4-7-12(9-13)11-5-2-1-3-6-11/h1-9,14,28H,10H2. The number of hydrogen-bond donors (Lipinski definition) is 1. The second-order valence-electron chi connectivity index (χ2n) is 6.06. The summed E-state index contributed by atoms with van der Waals surface area (Å²) in [6, 6.07) is 13.2. The predicted octanol–water partition coefficient (Wildman–Crippen LogP) is 6.25. The third kappa shape index (κ3) is 3.96. The summed E-state index contributed by atoms with van der Waals surface area (Å²) in [6.45, 7) is 0. The SMILES string of the molecule is OC(CC(F)(F)C(F)(F)C(F)(F)C(F)(F)F)c1cccc(-c2ccccc2)c1. The van der Waals surface area contributed by atoms with Gasteiger partial charge in [0.15, 0.2) is 0 Å². The molecule has 0 saturated carbocycles. The zero-order chi connectivity index (χ0) is 21.4. The molecule has 1 N–H and O–H groups in total. The van der Waals surface area contributed by atoms with Gasteiger partial charge in [0.2, 0.25) is 0 Å². The van der Waals surface area contributed by atoms with Crippen LogP contribution in [-0.2, 0) is 0 Å². The van der Waals surface area contributed by atoms with Gasteiger partial charge in [-0.05, 0) is 22.8 Å². The minimum absolute atomic E-state index is 0.341. The minimum Gasteiger partial charge on any atom is -0.388 e. The van der Waals surface area contributed by atoms with E-state index in [2.05, 4.69) is 0 Å². The van der Waals surface area contributed by atoms with Crippen molar-refractivity contribution in [3.05, 3.63) is 60.2 Å². The highest BCUT2D eigenvalue weighted by atomic mass is 19.4. The van der Waals surface area contributed by atoms with Crippen molar-refractivity contribution in [2.24, 2.45) is 0 Å². The predicted molar refractivity (Wildman–Crippen MR) is 82.4 cm³/mol. The van der Waals surface area contributed by atoms with Crippen LogP contribution in [0.25, 0.3) is 11.1 Å². The van der Waals surface area contributed by atoms with Gasteiger partial charge >= 0.3 is 23.9 Å². The maximum Gasteiger partial charge on any atom is 0.460 e. The van der Waals surface area contributed by atoms with Crippen molar-refractivity contribution in [1.29, 1.82) is 0 Å². The first kappa shape index (κ1) is 22.1. The van der Waals surface area contributed by atoms with Gasteiger partial charge in [-0.2, -0.15) is 39.5 Å². The van der Waals surface area contributed by atoms with Crippen LogP contribution < -0.4 is 0 Å². The first-order chi connectivity index (χ1) is 12.7. The zero-order valence-electron chi connectivity index (χ0n) is 13.8. The molecule has 0 aromatic heterocycles. The molecule has 28 heavy (non-hydrogen) atoms. The summed E-state index contributed by atoms with van der Waals surface area (Å²) in [6.07, 6.45) is -11.6. The number of alkyl halides is 9. The molecule has 0 amide bonds. The largest absolute Gasteiger partial charge is 0.460 e. The molecule has 2 rings (SSSR count). The van der Waals surface area contributed by atoms with E-state index >= 15 is 0 Å². The Morgan fingerprint density at radius 3 is 1.75 bits per heavy atom. The van der Waals surface area contributed by atoms with Crippen molar-refractivity contribution in [3.8, 4) is 11.1 Å². The Bertz CT molecular complexity index is 800. The van der Waals surface area contributed by atoms with Crippen molar-refractivity contribution in [1.82, 2.24) is 0 Å². The number of aliphatic hydroxyl groups is 1. The maximum atomic E-state index is 13.7. The van der Waals surface area contributed by atoms with E-state index in [1.165, 1.54) is 12.1 Å². The third-order valence-corrected chi connectivity index (χ3v) is 4.04. The molecule has 2 aromatic carbocycles. The fourth-order valence-corrected chi connectivity index (χ4v) is 2.45. The lowest BCUT2D eigenvalue weighted by Crippen LogP contribution is -2.61. The molecule has 0 fully saturated rings. The van der Waals surface area contributed by atoms with Crippen LogP contribution in [0.4, 0.5) is 39.5 Å². The van der Waals surface area contributed by atoms with Gasteiger partial charge in [0.1, 0.15) is 0 Å². The summed E-state index contributed by atoms with van der Waals surface area (Å²) in [5.41, 5.74) is 0.636. The van der Waals surface area contributed by atoms with Gasteiger partial charge < -0.3 is 5.11 Å². The van der Waals surface area contributed by atoms with Crippen LogP contribution in [0.15, 0.2) is 54.6 Å². The average Bonchev–Trinajstić information content (AvgIpc) is 2.61. The van der Waals surface area contributed by atoms with Crippen molar-refractivity contribution in [2.75, 3.05) is 0 Å². The van der Waals surface area contributed by atoms with E-state index in [4.69, 9.17) is 0 Å². The molecule has 1 nitrogen and oxygen atoms in total. The second kappa shape index (κ2) is 7.31. The van der Waals surface area contributed by atoms with E-state index in [9.17, 15) is 44.6 Å². The first-order valence-electron chi connectivity index (χ1n) is 7.74. The molecule has 154 valence electrons. The molecular formula is C18H13F9O. The fraction of sp³-hybridized carbons (Fsp3) is 0.333. The number of benzene rings is 2. The molecule has 0 bridgehead atoms. The monoisotopic (exact) mass is 416 g/mol. The van der Waals surface area contributed by atoms with E-state index in [-0.39, 0.29) is 5.56 Å². The number of aliphatic hydroxyl groups excluding tert-OH is 1. The molecule has 1 unspecified atom stereocenters. The Hall–Kier alpha value is -2.23. The highest BCUT2D eigenvalue weighted by molar-refractivity contribution is 5.64. The summed E-state index contributed by atoms with van der Waals surface area (Å²) in [5, 5.41) is 9.82. The molecule has 0 aliphatic heterocycles. The topological polar surface area (TPSA) is 20.2 Å². The summed E-state index contributed by atoms with van der Waals surface area (Å²) in [4.78, 5) is 0. The Labute approximate surface area is 153 Å². The number of halogens is 9. The summed E-state index contributed by atoms with van der Waals surface area (Å²) >= 11 is 0. The van der Waals surface area contributed by atoms with Crippen LogP contribution in [0.1, 0.15) is 18.1 Å². The Morgan fingerprint density at radius 2 is 1.21 bits per heavy atom. The zero-order valence-corrected chi connectivity index (χ0v) is 13.8. The smallest absolute Gasteiger partial charge is 0.388 e. The van der Waals surface area contributed by atoms with Crippen molar-refractivity contribution >= 4 is 0 Å². The molecule has 0 aliphatic carbocycles. The molecule has 1 atom stereocenters. The van der Waals surface area contributed by atoms with Crippen LogP contribution >= 0.6 is 0 Å².